The van der Waals surface area contributed by atoms with E-state index in [9.17, 15) is 4.39 Å². The van der Waals surface area contributed by atoms with Gasteiger partial charge in [-0.2, -0.15) is 0 Å². The Kier molecular flexibility index (Phi) is 7.32. The van der Waals surface area contributed by atoms with Gasteiger partial charge in [0.1, 0.15) is 12.4 Å². The van der Waals surface area contributed by atoms with Crippen molar-refractivity contribution in [1.29, 1.82) is 0 Å². The number of rotatable bonds is 7. The molecule has 4 atom stereocenters. The van der Waals surface area contributed by atoms with E-state index in [1.54, 1.807) is 12.1 Å². The SMILES string of the molecule is CCCCCC1CC[C@@H]2C[C@H](c3ccc(-c4ccc(C5=NC(C)(C)CO5)c(F)c4)cc3)CC[C@@H]2C1. The zero-order valence-corrected chi connectivity index (χ0v) is 21.9. The van der Waals surface area contributed by atoms with E-state index in [0.29, 0.717) is 24.0 Å². The van der Waals surface area contributed by atoms with Crippen molar-refractivity contribution in [3.8, 4) is 11.1 Å². The van der Waals surface area contributed by atoms with Gasteiger partial charge in [-0.25, -0.2) is 9.38 Å². The van der Waals surface area contributed by atoms with Crippen LogP contribution in [0.15, 0.2) is 47.5 Å². The summed E-state index contributed by atoms with van der Waals surface area (Å²) in [5.41, 5.74) is 3.59. The number of benzene rings is 2. The van der Waals surface area contributed by atoms with E-state index in [0.717, 1.165) is 28.9 Å². The average Bonchev–Trinajstić information content (AvgIpc) is 3.23. The molecule has 0 radical (unpaired) electrons. The van der Waals surface area contributed by atoms with Crippen molar-refractivity contribution in [2.45, 2.75) is 96.4 Å². The van der Waals surface area contributed by atoms with Gasteiger partial charge in [-0.15, -0.1) is 0 Å². The summed E-state index contributed by atoms with van der Waals surface area (Å²) >= 11 is 0. The van der Waals surface area contributed by atoms with Crippen LogP contribution in [0.5, 0.6) is 0 Å². The minimum atomic E-state index is -0.288. The molecule has 3 heteroatoms. The van der Waals surface area contributed by atoms with Gasteiger partial charge >= 0.3 is 0 Å². The van der Waals surface area contributed by atoms with Gasteiger partial charge in [-0.05, 0) is 98.4 Å². The smallest absolute Gasteiger partial charge is 0.219 e. The predicted molar refractivity (Wildman–Crippen MR) is 143 cm³/mol. The Hall–Kier alpha value is -2.16. The summed E-state index contributed by atoms with van der Waals surface area (Å²) in [6.45, 7) is 6.80. The lowest BCUT2D eigenvalue weighted by molar-refractivity contribution is 0.113. The van der Waals surface area contributed by atoms with E-state index < -0.39 is 0 Å². The van der Waals surface area contributed by atoms with Crippen LogP contribution in [0.25, 0.3) is 11.1 Å². The molecule has 2 aromatic rings. The maximum atomic E-state index is 14.9. The molecule has 0 saturated heterocycles. The first-order valence-electron chi connectivity index (χ1n) is 14.0. The molecule has 35 heavy (non-hydrogen) atoms. The van der Waals surface area contributed by atoms with Crippen LogP contribution in [0.3, 0.4) is 0 Å². The van der Waals surface area contributed by atoms with Gasteiger partial charge in [0.2, 0.25) is 5.90 Å². The number of nitrogens with zero attached hydrogens (tertiary/aromatic N) is 1. The molecule has 2 fully saturated rings. The molecule has 0 bridgehead atoms. The second kappa shape index (κ2) is 10.4. The fraction of sp³-hybridized carbons (Fsp3) is 0.594. The molecule has 0 amide bonds. The number of halogens is 1. The fourth-order valence-corrected chi connectivity index (χ4v) is 6.77. The summed E-state index contributed by atoms with van der Waals surface area (Å²) in [6.07, 6.45) is 14.1. The van der Waals surface area contributed by atoms with Gasteiger partial charge in [0.05, 0.1) is 11.1 Å². The van der Waals surface area contributed by atoms with Crippen LogP contribution in [0.2, 0.25) is 0 Å². The van der Waals surface area contributed by atoms with Crippen molar-refractivity contribution in [2.75, 3.05) is 6.61 Å². The number of fused-ring (bicyclic) bond motifs is 1. The summed E-state index contributed by atoms with van der Waals surface area (Å²) < 4.78 is 20.6. The van der Waals surface area contributed by atoms with Crippen molar-refractivity contribution >= 4 is 5.90 Å². The quantitative estimate of drug-likeness (QED) is 0.366. The highest BCUT2D eigenvalue weighted by atomic mass is 19.1. The topological polar surface area (TPSA) is 21.6 Å². The summed E-state index contributed by atoms with van der Waals surface area (Å²) in [7, 11) is 0. The molecule has 1 heterocycles. The van der Waals surface area contributed by atoms with Crippen molar-refractivity contribution in [2.24, 2.45) is 22.7 Å². The van der Waals surface area contributed by atoms with Crippen LogP contribution >= 0.6 is 0 Å². The lowest BCUT2D eigenvalue weighted by Gasteiger charge is -2.42. The third kappa shape index (κ3) is 5.65. The summed E-state index contributed by atoms with van der Waals surface area (Å²) in [4.78, 5) is 4.52. The summed E-state index contributed by atoms with van der Waals surface area (Å²) in [5, 5.41) is 0. The molecular formula is C32H42FNO. The number of hydrogen-bond donors (Lipinski definition) is 0. The summed E-state index contributed by atoms with van der Waals surface area (Å²) in [5.74, 6) is 3.70. The number of aliphatic imine (C=N–C) groups is 1. The molecule has 2 saturated carbocycles. The highest BCUT2D eigenvalue weighted by Crippen LogP contribution is 2.48. The molecule has 2 aromatic carbocycles. The number of unbranched alkanes of at least 4 members (excludes halogenated alkanes) is 2. The van der Waals surface area contributed by atoms with E-state index >= 15 is 0 Å². The highest BCUT2D eigenvalue weighted by Gasteiger charge is 2.35. The predicted octanol–water partition coefficient (Wildman–Crippen LogP) is 8.93. The Morgan fingerprint density at radius 3 is 2.37 bits per heavy atom. The molecule has 1 unspecified atom stereocenters. The Labute approximate surface area is 211 Å². The highest BCUT2D eigenvalue weighted by molar-refractivity contribution is 5.96. The Bertz CT molecular complexity index is 1040. The normalized spacial score (nSPS) is 27.7. The second-order valence-corrected chi connectivity index (χ2v) is 12.0. The van der Waals surface area contributed by atoms with Crippen molar-refractivity contribution in [1.82, 2.24) is 0 Å². The molecule has 2 nitrogen and oxygen atoms in total. The Morgan fingerprint density at radius 1 is 0.914 bits per heavy atom. The molecular weight excluding hydrogens is 433 g/mol. The molecule has 1 aliphatic heterocycles. The van der Waals surface area contributed by atoms with Gasteiger partial charge in [0.25, 0.3) is 0 Å². The molecule has 0 aromatic heterocycles. The first-order chi connectivity index (χ1) is 16.9. The molecule has 2 aliphatic carbocycles. The van der Waals surface area contributed by atoms with Crippen LogP contribution in [0.1, 0.15) is 102 Å². The molecule has 3 aliphatic rings. The van der Waals surface area contributed by atoms with Gasteiger partial charge in [0.15, 0.2) is 0 Å². The first-order valence-corrected chi connectivity index (χ1v) is 14.0. The Balaban J connectivity index is 1.21. The van der Waals surface area contributed by atoms with Crippen molar-refractivity contribution in [3.63, 3.8) is 0 Å². The molecule has 0 spiro atoms. The third-order valence-corrected chi connectivity index (χ3v) is 8.82. The van der Waals surface area contributed by atoms with Gasteiger partial charge in [0, 0.05) is 0 Å². The van der Waals surface area contributed by atoms with Gasteiger partial charge < -0.3 is 4.74 Å². The first kappa shape index (κ1) is 24.5. The van der Waals surface area contributed by atoms with Crippen LogP contribution < -0.4 is 0 Å². The molecule has 188 valence electrons. The standard InChI is InChI=1S/C32H42FNO/c1-4-5-6-7-22-8-9-27-19-26(15-14-25(27)18-22)23-10-12-24(13-11-23)28-16-17-29(30(33)20-28)31-34-32(2,3)21-35-31/h10-13,16-17,20,22,25-27H,4-9,14-15,18-19,21H2,1-3H3/t22?,25-,26-,27-/m1/s1. The monoisotopic (exact) mass is 475 g/mol. The average molecular weight is 476 g/mol. The zero-order valence-electron chi connectivity index (χ0n) is 21.9. The summed E-state index contributed by atoms with van der Waals surface area (Å²) in [6, 6.07) is 14.3. The van der Waals surface area contributed by atoms with Gasteiger partial charge in [-0.3, -0.25) is 0 Å². The van der Waals surface area contributed by atoms with Crippen LogP contribution in [-0.2, 0) is 4.74 Å². The van der Waals surface area contributed by atoms with Crippen LogP contribution in [0, 0.1) is 23.6 Å². The number of ether oxygens (including phenoxy) is 1. The fourth-order valence-electron chi connectivity index (χ4n) is 6.77. The van der Waals surface area contributed by atoms with Crippen molar-refractivity contribution < 1.29 is 9.13 Å². The maximum Gasteiger partial charge on any atom is 0.219 e. The van der Waals surface area contributed by atoms with Crippen LogP contribution in [0.4, 0.5) is 4.39 Å². The molecule has 0 N–H and O–H groups in total. The molecule has 5 rings (SSSR count). The second-order valence-electron chi connectivity index (χ2n) is 12.0. The largest absolute Gasteiger partial charge is 0.475 e. The minimum Gasteiger partial charge on any atom is -0.475 e. The van der Waals surface area contributed by atoms with Gasteiger partial charge in [-0.1, -0.05) is 69.4 Å². The van der Waals surface area contributed by atoms with Crippen LogP contribution in [-0.4, -0.2) is 18.0 Å². The number of hydrogen-bond acceptors (Lipinski definition) is 2. The van der Waals surface area contributed by atoms with E-state index in [4.69, 9.17) is 4.74 Å². The lowest BCUT2D eigenvalue weighted by atomic mass is 9.63. The van der Waals surface area contributed by atoms with E-state index in [1.807, 2.05) is 19.9 Å². The lowest BCUT2D eigenvalue weighted by Crippen LogP contribution is -2.30. The van der Waals surface area contributed by atoms with E-state index in [1.165, 1.54) is 69.8 Å². The Morgan fingerprint density at radius 2 is 1.66 bits per heavy atom. The van der Waals surface area contributed by atoms with E-state index in [-0.39, 0.29) is 11.4 Å². The zero-order chi connectivity index (χ0) is 24.4. The van der Waals surface area contributed by atoms with Crippen molar-refractivity contribution in [3.05, 3.63) is 59.4 Å². The minimum absolute atomic E-state index is 0.272. The van der Waals surface area contributed by atoms with E-state index in [2.05, 4.69) is 36.2 Å². The maximum absolute atomic E-state index is 14.9. The third-order valence-electron chi connectivity index (χ3n) is 8.82.